The Morgan fingerprint density at radius 3 is 1.48 bits per heavy atom. The van der Waals surface area contributed by atoms with Crippen LogP contribution in [0.2, 0.25) is 0 Å². The van der Waals surface area contributed by atoms with Crippen molar-refractivity contribution in [3.63, 3.8) is 0 Å². The first-order valence-electron chi connectivity index (χ1n) is 20.4. The van der Waals surface area contributed by atoms with E-state index in [1.807, 2.05) is 89.5 Å². The fraction of sp³-hybridized carbons (Fsp3) is 0. The molecule has 0 unspecified atom stereocenters. The molecule has 12 rings (SSSR count). The van der Waals surface area contributed by atoms with Crippen LogP contribution in [0.3, 0.4) is 0 Å². The molecule has 7 heteroatoms. The highest BCUT2D eigenvalue weighted by Gasteiger charge is 2.29. The molecule has 0 atom stereocenters. The van der Waals surface area contributed by atoms with Crippen LogP contribution in [0.25, 0.3) is 109 Å². The van der Waals surface area contributed by atoms with Crippen LogP contribution in [0.1, 0.15) is 22.3 Å². The fourth-order valence-electron chi connectivity index (χ4n) is 9.79. The topological polar surface area (TPSA) is 104 Å². The molecule has 0 aliphatic rings. The predicted molar refractivity (Wildman–Crippen MR) is 254 cm³/mol. The largest absolute Gasteiger partial charge is 0.307 e. The molecule has 0 saturated carbocycles. The second kappa shape index (κ2) is 13.8. The minimum absolute atomic E-state index is 0.0268. The van der Waals surface area contributed by atoms with Crippen molar-refractivity contribution in [1.82, 2.24) is 8.97 Å². The summed E-state index contributed by atoms with van der Waals surface area (Å²) in [7, 11) is 0. The molecule has 0 spiro atoms. The van der Waals surface area contributed by atoms with Crippen LogP contribution in [-0.4, -0.2) is 8.97 Å². The van der Waals surface area contributed by atoms with E-state index in [2.05, 4.69) is 113 Å². The van der Waals surface area contributed by atoms with Crippen molar-refractivity contribution in [3.05, 3.63) is 191 Å². The van der Waals surface area contributed by atoms with Gasteiger partial charge >= 0.3 is 0 Å². The third kappa shape index (κ3) is 5.13. The molecule has 0 saturated heterocycles. The number of nitriles is 4. The number of aromatic nitrogens is 2. The van der Waals surface area contributed by atoms with Gasteiger partial charge in [0.2, 0.25) is 0 Å². The Labute approximate surface area is 364 Å². The summed E-state index contributed by atoms with van der Waals surface area (Å²) in [5, 5.41) is 53.0. The van der Waals surface area contributed by atoms with E-state index >= 15 is 0 Å². The molecular weight excluding hydrogens is 789 g/mol. The van der Waals surface area contributed by atoms with E-state index in [1.165, 1.54) is 15.7 Å². The summed E-state index contributed by atoms with van der Waals surface area (Å²) in [6, 6.07) is 64.7. The third-order valence-electron chi connectivity index (χ3n) is 12.5. The van der Waals surface area contributed by atoms with Crippen LogP contribution in [0.15, 0.2) is 169 Å². The molecule has 0 N–H and O–H groups in total. The number of thiophene rings is 1. The maximum absolute atomic E-state index is 11.1. The van der Waals surface area contributed by atoms with Crippen LogP contribution in [0.5, 0.6) is 0 Å². The Kier molecular flexibility index (Phi) is 7.86. The molecule has 0 amide bonds. The lowest BCUT2D eigenvalue weighted by molar-refractivity contribution is 1.15. The maximum Gasteiger partial charge on any atom is 0.108 e. The van der Waals surface area contributed by atoms with Crippen molar-refractivity contribution in [2.75, 3.05) is 0 Å². The number of hydrogen-bond acceptors (Lipinski definition) is 5. The Morgan fingerprint density at radius 1 is 0.365 bits per heavy atom. The van der Waals surface area contributed by atoms with Gasteiger partial charge in [-0.15, -0.1) is 11.3 Å². The van der Waals surface area contributed by atoms with Crippen LogP contribution in [-0.2, 0) is 0 Å². The van der Waals surface area contributed by atoms with Crippen molar-refractivity contribution in [2.24, 2.45) is 0 Å². The summed E-state index contributed by atoms with van der Waals surface area (Å²) >= 11 is 1.73. The molecule has 4 heterocycles. The third-order valence-corrected chi connectivity index (χ3v) is 13.4. The van der Waals surface area contributed by atoms with Gasteiger partial charge in [-0.25, -0.2) is 0 Å². The van der Waals surface area contributed by atoms with Crippen LogP contribution in [0.4, 0.5) is 0 Å². The van der Waals surface area contributed by atoms with Gasteiger partial charge in [-0.1, -0.05) is 109 Å². The van der Waals surface area contributed by atoms with E-state index in [4.69, 9.17) is 0 Å². The Hall–Kier alpha value is -8.98. The molecular formula is C56H28N6S. The van der Waals surface area contributed by atoms with E-state index in [9.17, 15) is 21.0 Å². The molecule has 0 bridgehead atoms. The Morgan fingerprint density at radius 2 is 0.873 bits per heavy atom. The van der Waals surface area contributed by atoms with Gasteiger partial charge in [-0.05, 0) is 98.9 Å². The first kappa shape index (κ1) is 35.9. The normalized spacial score (nSPS) is 11.4. The molecule has 0 fully saturated rings. The summed E-state index contributed by atoms with van der Waals surface area (Å²) in [5.41, 5.74) is 11.0. The molecule has 63 heavy (non-hydrogen) atoms. The van der Waals surface area contributed by atoms with Crippen molar-refractivity contribution in [1.29, 1.82) is 21.0 Å². The summed E-state index contributed by atoms with van der Waals surface area (Å²) in [4.78, 5) is 1.20. The lowest BCUT2D eigenvalue weighted by Crippen LogP contribution is -2.08. The van der Waals surface area contributed by atoms with Crippen molar-refractivity contribution in [3.8, 4) is 74.5 Å². The van der Waals surface area contributed by atoms with Crippen LogP contribution in [0, 0.1) is 45.3 Å². The van der Waals surface area contributed by atoms with Gasteiger partial charge < -0.3 is 4.57 Å². The van der Waals surface area contributed by atoms with Gasteiger partial charge in [0.15, 0.2) is 0 Å². The second-order valence-electron chi connectivity index (χ2n) is 15.7. The van der Waals surface area contributed by atoms with E-state index in [0.717, 1.165) is 76.9 Å². The van der Waals surface area contributed by atoms with E-state index < -0.39 is 0 Å². The number of nitrogens with zero attached hydrogens (tertiary/aromatic N) is 6. The van der Waals surface area contributed by atoms with E-state index in [-0.39, 0.29) is 33.5 Å². The molecule has 0 aliphatic carbocycles. The SMILES string of the molecule is N#Cc1c(C#N)c(-n2c3ccc(-c4ccccc4)cc3c3cc(-c4ccccc4)ccc32)c(C#N)c(C#N)c1-c1cccc(-c2cc3c4ccccc4n4c5sccc5c(c2)c34)c1. The Bertz CT molecular complexity index is 3920. The van der Waals surface area contributed by atoms with E-state index in [1.54, 1.807) is 11.3 Å². The number of fused-ring (bicyclic) bond motifs is 9. The highest BCUT2D eigenvalue weighted by molar-refractivity contribution is 7.17. The summed E-state index contributed by atoms with van der Waals surface area (Å²) in [5.74, 6) is 0. The second-order valence-corrected chi connectivity index (χ2v) is 16.6. The number of benzene rings is 8. The average molecular weight is 817 g/mol. The zero-order valence-electron chi connectivity index (χ0n) is 33.3. The van der Waals surface area contributed by atoms with Gasteiger partial charge in [0.05, 0.1) is 50.0 Å². The molecule has 12 aromatic rings. The highest BCUT2D eigenvalue weighted by atomic mass is 32.1. The highest BCUT2D eigenvalue weighted by Crippen LogP contribution is 2.46. The first-order chi connectivity index (χ1) is 31.1. The van der Waals surface area contributed by atoms with Gasteiger partial charge in [-0.2, -0.15) is 21.0 Å². The van der Waals surface area contributed by atoms with Crippen LogP contribution < -0.4 is 0 Å². The molecule has 288 valence electrons. The summed E-state index contributed by atoms with van der Waals surface area (Å²) in [6.45, 7) is 0. The Balaban J connectivity index is 1.10. The van der Waals surface area contributed by atoms with Crippen molar-refractivity contribution in [2.45, 2.75) is 0 Å². The smallest absolute Gasteiger partial charge is 0.108 e. The van der Waals surface area contributed by atoms with Gasteiger partial charge in [0, 0.05) is 37.9 Å². The molecule has 6 nitrogen and oxygen atoms in total. The number of rotatable bonds is 5. The van der Waals surface area contributed by atoms with Crippen molar-refractivity contribution < 1.29 is 0 Å². The quantitative estimate of drug-likeness (QED) is 0.172. The lowest BCUT2D eigenvalue weighted by atomic mass is 9.86. The monoisotopic (exact) mass is 816 g/mol. The summed E-state index contributed by atoms with van der Waals surface area (Å²) < 4.78 is 4.25. The zero-order valence-corrected chi connectivity index (χ0v) is 34.1. The fourth-order valence-corrected chi connectivity index (χ4v) is 10.7. The van der Waals surface area contributed by atoms with Gasteiger partial charge in [-0.3, -0.25) is 4.40 Å². The van der Waals surface area contributed by atoms with Gasteiger partial charge in [0.1, 0.15) is 29.1 Å². The standard InChI is InChI=1S/C56H28N6S/c57-29-46-48(31-59)55(61-51-20-18-36(33-10-3-1-4-11-33)25-42(51)43-26-37(19-21-52(43)61)34-12-5-2-6-13-34)49(32-60)47(30-58)53(46)38-15-9-14-35(24-38)39-27-44-40-16-7-8-17-50(40)62-54(44)45(28-39)41-22-23-63-56(41)62/h1-28H. The molecule has 4 aromatic heterocycles. The van der Waals surface area contributed by atoms with E-state index in [0.29, 0.717) is 5.56 Å². The maximum atomic E-state index is 11.1. The van der Waals surface area contributed by atoms with Crippen LogP contribution >= 0.6 is 11.3 Å². The molecule has 0 aliphatic heterocycles. The minimum atomic E-state index is 0.0268. The molecule has 0 radical (unpaired) electrons. The average Bonchev–Trinajstić information content (AvgIpc) is 4.11. The zero-order chi connectivity index (χ0) is 42.3. The van der Waals surface area contributed by atoms with Crippen molar-refractivity contribution >= 4 is 70.6 Å². The predicted octanol–water partition coefficient (Wildman–Crippen LogP) is 14.2. The molecule has 8 aromatic carbocycles. The summed E-state index contributed by atoms with van der Waals surface area (Å²) in [6.07, 6.45) is 0. The lowest BCUT2D eigenvalue weighted by Gasteiger charge is -2.18. The minimum Gasteiger partial charge on any atom is -0.307 e. The number of hydrogen-bond donors (Lipinski definition) is 0. The first-order valence-corrected chi connectivity index (χ1v) is 21.3. The number of para-hydroxylation sites is 1. The van der Waals surface area contributed by atoms with Gasteiger partial charge in [0.25, 0.3) is 0 Å².